The van der Waals surface area contributed by atoms with Crippen LogP contribution < -0.4 is 10.1 Å². The molecule has 5 rings (SSSR count). The highest BCUT2D eigenvalue weighted by atomic mass is 16.5. The molecule has 6 nitrogen and oxygen atoms in total. The van der Waals surface area contributed by atoms with Crippen molar-refractivity contribution in [2.24, 2.45) is 5.10 Å². The highest BCUT2D eigenvalue weighted by Gasteiger charge is 2.21. The molecule has 0 saturated carbocycles. The molecule has 4 aromatic rings. The third-order valence-electron chi connectivity index (χ3n) is 5.32. The zero-order chi connectivity index (χ0) is 21.9. The van der Waals surface area contributed by atoms with Gasteiger partial charge in [-0.1, -0.05) is 42.0 Å². The second-order valence-electron chi connectivity index (χ2n) is 7.56. The Hall–Kier alpha value is -4.19. The van der Waals surface area contributed by atoms with Gasteiger partial charge in [0.15, 0.2) is 0 Å². The Morgan fingerprint density at radius 1 is 1.00 bits per heavy atom. The molecule has 0 saturated heterocycles. The first-order valence-electron chi connectivity index (χ1n) is 10.5. The van der Waals surface area contributed by atoms with E-state index < -0.39 is 0 Å². The maximum atomic E-state index is 5.47. The zero-order valence-corrected chi connectivity index (χ0v) is 18.0. The average molecular weight is 422 g/mol. The third-order valence-corrected chi connectivity index (χ3v) is 5.32. The van der Waals surface area contributed by atoms with E-state index in [9.17, 15) is 0 Å². The molecule has 0 aliphatic carbocycles. The number of nitrogens with one attached hydrogen (secondary N) is 1. The quantitative estimate of drug-likeness (QED) is 0.454. The fourth-order valence-corrected chi connectivity index (χ4v) is 3.84. The summed E-state index contributed by atoms with van der Waals surface area (Å²) in [7, 11) is 1.66. The fourth-order valence-electron chi connectivity index (χ4n) is 3.84. The number of methoxy groups -OCH3 is 1. The first-order chi connectivity index (χ1) is 15.7. The van der Waals surface area contributed by atoms with Crippen LogP contribution in [0.25, 0.3) is 22.5 Å². The van der Waals surface area contributed by atoms with Crippen molar-refractivity contribution in [1.29, 1.82) is 0 Å². The molecular weight excluding hydrogens is 398 g/mol. The van der Waals surface area contributed by atoms with Crippen LogP contribution in [0.1, 0.15) is 11.4 Å². The Morgan fingerprint density at radius 2 is 1.91 bits per heavy atom. The first-order valence-corrected chi connectivity index (χ1v) is 10.5. The molecular formula is C26H23N5O. The molecule has 32 heavy (non-hydrogen) atoms. The number of para-hydroxylation sites is 2. The van der Waals surface area contributed by atoms with E-state index >= 15 is 0 Å². The van der Waals surface area contributed by atoms with Gasteiger partial charge in [-0.15, -0.1) is 0 Å². The third kappa shape index (κ3) is 3.78. The van der Waals surface area contributed by atoms with Crippen molar-refractivity contribution >= 4 is 17.7 Å². The Labute approximate surface area is 186 Å². The lowest BCUT2D eigenvalue weighted by molar-refractivity contribution is 0.417. The molecule has 0 bridgehead atoms. The van der Waals surface area contributed by atoms with Gasteiger partial charge < -0.3 is 10.1 Å². The molecule has 1 aliphatic rings. The number of rotatable bonds is 5. The van der Waals surface area contributed by atoms with Crippen LogP contribution in [0, 0.1) is 6.92 Å². The fraction of sp³-hybridized carbons (Fsp3) is 0.115. The summed E-state index contributed by atoms with van der Waals surface area (Å²) >= 11 is 0. The van der Waals surface area contributed by atoms with E-state index in [1.54, 1.807) is 19.5 Å². The van der Waals surface area contributed by atoms with E-state index in [0.717, 1.165) is 46.2 Å². The van der Waals surface area contributed by atoms with Crippen molar-refractivity contribution in [3.8, 4) is 28.3 Å². The SMILES string of the molecule is COc1ccccc1Nc1cc(-c2c(-c3cccc(C)c3)nc3n2N=CC=CC3)ccn1. The number of anilines is 2. The molecule has 3 heterocycles. The molecule has 158 valence electrons. The molecule has 1 aliphatic heterocycles. The predicted molar refractivity (Wildman–Crippen MR) is 129 cm³/mol. The number of aryl methyl sites for hydroxylation is 1. The van der Waals surface area contributed by atoms with Crippen LogP contribution in [0.4, 0.5) is 11.5 Å². The number of benzene rings is 2. The lowest BCUT2D eigenvalue weighted by atomic mass is 10.0. The number of pyridine rings is 1. The maximum absolute atomic E-state index is 5.47. The van der Waals surface area contributed by atoms with Crippen molar-refractivity contribution in [3.05, 3.63) is 90.4 Å². The summed E-state index contributed by atoms with van der Waals surface area (Å²) in [6.07, 6.45) is 8.34. The number of hydrogen-bond donors (Lipinski definition) is 1. The number of fused-ring (bicyclic) bond motifs is 1. The van der Waals surface area contributed by atoms with E-state index in [4.69, 9.17) is 9.72 Å². The van der Waals surface area contributed by atoms with Crippen LogP contribution in [-0.4, -0.2) is 28.0 Å². The topological polar surface area (TPSA) is 64.3 Å². The lowest BCUT2D eigenvalue weighted by Gasteiger charge is -2.12. The van der Waals surface area contributed by atoms with Gasteiger partial charge in [-0.3, -0.25) is 0 Å². The summed E-state index contributed by atoms with van der Waals surface area (Å²) in [6, 6.07) is 20.2. The number of nitrogens with zero attached hydrogens (tertiary/aromatic N) is 4. The summed E-state index contributed by atoms with van der Waals surface area (Å²) in [5, 5.41) is 8.02. The van der Waals surface area contributed by atoms with Crippen LogP contribution in [0.2, 0.25) is 0 Å². The van der Waals surface area contributed by atoms with Crippen LogP contribution in [0.3, 0.4) is 0 Å². The Balaban J connectivity index is 1.63. The van der Waals surface area contributed by atoms with Crippen molar-refractivity contribution in [1.82, 2.24) is 14.6 Å². The number of allylic oxidation sites excluding steroid dienone is 2. The molecule has 0 fully saturated rings. The van der Waals surface area contributed by atoms with E-state index in [0.29, 0.717) is 5.82 Å². The van der Waals surface area contributed by atoms with E-state index in [2.05, 4.69) is 52.7 Å². The molecule has 1 N–H and O–H groups in total. The van der Waals surface area contributed by atoms with Crippen LogP contribution in [0.5, 0.6) is 5.75 Å². The van der Waals surface area contributed by atoms with Gasteiger partial charge in [0.05, 0.1) is 18.5 Å². The summed E-state index contributed by atoms with van der Waals surface area (Å²) < 4.78 is 7.40. The molecule has 0 spiro atoms. The smallest absolute Gasteiger partial charge is 0.142 e. The van der Waals surface area contributed by atoms with Gasteiger partial charge >= 0.3 is 0 Å². The van der Waals surface area contributed by atoms with Gasteiger partial charge in [0, 0.05) is 30.0 Å². The standard InChI is InChI=1S/C26H23N5O/c1-18-8-7-9-19(16-18)25-26(31-24(30-25)12-5-6-14-28-31)20-13-15-27-23(17-20)29-21-10-3-4-11-22(21)32-2/h3-11,13-17H,12H2,1-2H3,(H,27,29). The molecule has 0 amide bonds. The number of aromatic nitrogens is 3. The number of imidazole rings is 1. The van der Waals surface area contributed by atoms with Crippen LogP contribution in [0.15, 0.2) is 84.1 Å². The lowest BCUT2D eigenvalue weighted by Crippen LogP contribution is -2.00. The first kappa shape index (κ1) is 19.8. The molecule has 2 aromatic carbocycles. The summed E-state index contributed by atoms with van der Waals surface area (Å²) in [5.41, 5.74) is 5.94. The zero-order valence-electron chi connectivity index (χ0n) is 18.0. The van der Waals surface area contributed by atoms with Gasteiger partial charge in [-0.25, -0.2) is 14.6 Å². The molecule has 2 aromatic heterocycles. The summed E-state index contributed by atoms with van der Waals surface area (Å²) in [4.78, 5) is 9.50. The van der Waals surface area contributed by atoms with Crippen molar-refractivity contribution in [2.75, 3.05) is 12.4 Å². The largest absolute Gasteiger partial charge is 0.495 e. The predicted octanol–water partition coefficient (Wildman–Crippen LogP) is 5.62. The van der Waals surface area contributed by atoms with Gasteiger partial charge in [0.2, 0.25) is 0 Å². The molecule has 6 heteroatoms. The normalized spacial score (nSPS) is 12.3. The average Bonchev–Trinajstić information content (AvgIpc) is 3.02. The summed E-state index contributed by atoms with van der Waals surface area (Å²) in [5.74, 6) is 2.38. The Bertz CT molecular complexity index is 1340. The Kier molecular flexibility index (Phi) is 5.25. The summed E-state index contributed by atoms with van der Waals surface area (Å²) in [6.45, 7) is 2.09. The molecule has 0 unspecified atom stereocenters. The van der Waals surface area contributed by atoms with E-state index in [-0.39, 0.29) is 0 Å². The van der Waals surface area contributed by atoms with Crippen LogP contribution in [-0.2, 0) is 6.42 Å². The Morgan fingerprint density at radius 3 is 2.78 bits per heavy atom. The van der Waals surface area contributed by atoms with Gasteiger partial charge in [0.25, 0.3) is 0 Å². The van der Waals surface area contributed by atoms with Crippen molar-refractivity contribution in [2.45, 2.75) is 13.3 Å². The second kappa shape index (κ2) is 8.51. The molecule has 0 atom stereocenters. The monoisotopic (exact) mass is 421 g/mol. The van der Waals surface area contributed by atoms with Crippen LogP contribution >= 0.6 is 0 Å². The second-order valence-corrected chi connectivity index (χ2v) is 7.56. The number of ether oxygens (including phenoxy) is 1. The van der Waals surface area contributed by atoms with E-state index in [1.807, 2.05) is 47.2 Å². The highest BCUT2D eigenvalue weighted by Crippen LogP contribution is 2.35. The van der Waals surface area contributed by atoms with Crippen molar-refractivity contribution < 1.29 is 4.74 Å². The van der Waals surface area contributed by atoms with Gasteiger partial charge in [0.1, 0.15) is 23.1 Å². The van der Waals surface area contributed by atoms with Crippen molar-refractivity contribution in [3.63, 3.8) is 0 Å². The minimum atomic E-state index is 0.716. The van der Waals surface area contributed by atoms with Gasteiger partial charge in [-0.05, 0) is 43.3 Å². The minimum absolute atomic E-state index is 0.716. The minimum Gasteiger partial charge on any atom is -0.495 e. The molecule has 0 radical (unpaired) electrons. The number of hydrogen-bond acceptors (Lipinski definition) is 5. The van der Waals surface area contributed by atoms with E-state index in [1.165, 1.54) is 5.56 Å². The maximum Gasteiger partial charge on any atom is 0.142 e. The van der Waals surface area contributed by atoms with Gasteiger partial charge in [-0.2, -0.15) is 5.10 Å². The highest BCUT2D eigenvalue weighted by molar-refractivity contribution is 5.82.